The molecular weight excluding hydrogens is 236 g/mol. The predicted molar refractivity (Wildman–Crippen MR) is 65.6 cm³/mol. The SMILES string of the molecule is CN1C[C@@H](O)C[C@@H]1COc1ccc([N+](=O)[O-])cc1. The summed E-state index contributed by atoms with van der Waals surface area (Å²) in [5.74, 6) is 0.607. The first-order valence-electron chi connectivity index (χ1n) is 5.82. The summed E-state index contributed by atoms with van der Waals surface area (Å²) in [5, 5.41) is 20.0. The molecule has 0 saturated carbocycles. The van der Waals surface area contributed by atoms with Crippen molar-refractivity contribution in [3.05, 3.63) is 34.4 Å². The number of rotatable bonds is 4. The zero-order valence-corrected chi connectivity index (χ0v) is 10.2. The Morgan fingerprint density at radius 1 is 1.50 bits per heavy atom. The Bertz CT molecular complexity index is 421. The van der Waals surface area contributed by atoms with Gasteiger partial charge in [0.2, 0.25) is 0 Å². The standard InChI is InChI=1S/C12H16N2O4/c1-13-7-11(15)6-10(13)8-18-12-4-2-9(3-5-12)14(16)17/h2-5,10-11,15H,6-8H2,1H3/t10-,11+/m1/s1. The van der Waals surface area contributed by atoms with Gasteiger partial charge in [0.15, 0.2) is 0 Å². The molecule has 0 bridgehead atoms. The number of likely N-dealkylation sites (N-methyl/N-ethyl adjacent to an activating group) is 1. The van der Waals surface area contributed by atoms with Gasteiger partial charge in [-0.3, -0.25) is 15.0 Å². The summed E-state index contributed by atoms with van der Waals surface area (Å²) in [6, 6.07) is 6.20. The first-order chi connectivity index (χ1) is 8.56. The molecule has 2 rings (SSSR count). The molecule has 2 atom stereocenters. The fraction of sp³-hybridized carbons (Fsp3) is 0.500. The highest BCUT2D eigenvalue weighted by Crippen LogP contribution is 2.20. The smallest absolute Gasteiger partial charge is 0.269 e. The lowest BCUT2D eigenvalue weighted by Crippen LogP contribution is -2.30. The fourth-order valence-corrected chi connectivity index (χ4v) is 2.10. The molecule has 1 saturated heterocycles. The van der Waals surface area contributed by atoms with Gasteiger partial charge in [-0.15, -0.1) is 0 Å². The van der Waals surface area contributed by atoms with Crippen molar-refractivity contribution in [1.29, 1.82) is 0 Å². The highest BCUT2D eigenvalue weighted by molar-refractivity contribution is 5.35. The van der Waals surface area contributed by atoms with Gasteiger partial charge in [-0.2, -0.15) is 0 Å². The van der Waals surface area contributed by atoms with Crippen LogP contribution in [0.4, 0.5) is 5.69 Å². The number of hydrogen-bond donors (Lipinski definition) is 1. The minimum absolute atomic E-state index is 0.0516. The molecule has 0 unspecified atom stereocenters. The number of nitro benzene ring substituents is 1. The molecule has 0 aromatic heterocycles. The zero-order chi connectivity index (χ0) is 13.1. The summed E-state index contributed by atoms with van der Waals surface area (Å²) in [6.07, 6.45) is 0.407. The van der Waals surface area contributed by atoms with Crippen LogP contribution in [0.3, 0.4) is 0 Å². The van der Waals surface area contributed by atoms with E-state index in [1.165, 1.54) is 12.1 Å². The van der Waals surface area contributed by atoms with Crippen molar-refractivity contribution in [2.24, 2.45) is 0 Å². The van der Waals surface area contributed by atoms with Crippen LogP contribution >= 0.6 is 0 Å². The number of non-ortho nitro benzene ring substituents is 1. The van der Waals surface area contributed by atoms with Crippen molar-refractivity contribution in [3.63, 3.8) is 0 Å². The van der Waals surface area contributed by atoms with E-state index in [1.54, 1.807) is 12.1 Å². The summed E-state index contributed by atoms with van der Waals surface area (Å²) < 4.78 is 5.57. The first-order valence-corrected chi connectivity index (χ1v) is 5.82. The summed E-state index contributed by atoms with van der Waals surface area (Å²) >= 11 is 0. The number of nitro groups is 1. The first kappa shape index (κ1) is 12.8. The van der Waals surface area contributed by atoms with E-state index in [-0.39, 0.29) is 17.8 Å². The number of likely N-dealkylation sites (tertiary alicyclic amines) is 1. The van der Waals surface area contributed by atoms with E-state index in [0.29, 0.717) is 25.3 Å². The molecule has 1 fully saturated rings. The lowest BCUT2D eigenvalue weighted by atomic mass is 10.2. The Kier molecular flexibility index (Phi) is 3.78. The molecule has 1 aliphatic heterocycles. The maximum atomic E-state index is 10.5. The number of benzene rings is 1. The van der Waals surface area contributed by atoms with E-state index >= 15 is 0 Å². The minimum Gasteiger partial charge on any atom is -0.492 e. The molecule has 0 spiro atoms. The van der Waals surface area contributed by atoms with Crippen LogP contribution in [-0.2, 0) is 0 Å². The van der Waals surface area contributed by atoms with Crippen molar-refractivity contribution in [1.82, 2.24) is 4.90 Å². The zero-order valence-electron chi connectivity index (χ0n) is 10.2. The van der Waals surface area contributed by atoms with E-state index in [0.717, 1.165) is 0 Å². The lowest BCUT2D eigenvalue weighted by Gasteiger charge is -2.19. The van der Waals surface area contributed by atoms with E-state index in [4.69, 9.17) is 4.74 Å². The maximum Gasteiger partial charge on any atom is 0.269 e. The second kappa shape index (κ2) is 5.32. The van der Waals surface area contributed by atoms with Crippen LogP contribution in [0.2, 0.25) is 0 Å². The Balaban J connectivity index is 1.88. The Morgan fingerprint density at radius 2 is 2.17 bits per heavy atom. The number of aliphatic hydroxyl groups excluding tert-OH is 1. The topological polar surface area (TPSA) is 75.8 Å². The maximum absolute atomic E-state index is 10.5. The quantitative estimate of drug-likeness (QED) is 0.640. The molecule has 98 valence electrons. The molecule has 0 aliphatic carbocycles. The van der Waals surface area contributed by atoms with Gasteiger partial charge >= 0.3 is 0 Å². The third kappa shape index (κ3) is 2.96. The second-order valence-electron chi connectivity index (χ2n) is 4.54. The number of aliphatic hydroxyl groups is 1. The van der Waals surface area contributed by atoms with Gasteiger partial charge in [-0.25, -0.2) is 0 Å². The lowest BCUT2D eigenvalue weighted by molar-refractivity contribution is -0.384. The van der Waals surface area contributed by atoms with Crippen molar-refractivity contribution in [2.75, 3.05) is 20.2 Å². The molecule has 1 aromatic rings. The summed E-state index contributed by atoms with van der Waals surface area (Å²) in [4.78, 5) is 12.1. The number of ether oxygens (including phenoxy) is 1. The van der Waals surface area contributed by atoms with Crippen LogP contribution in [-0.4, -0.2) is 47.3 Å². The predicted octanol–water partition coefficient (Wildman–Crippen LogP) is 1.04. The van der Waals surface area contributed by atoms with Crippen LogP contribution in [0, 0.1) is 10.1 Å². The van der Waals surface area contributed by atoms with Gasteiger partial charge in [-0.1, -0.05) is 0 Å². The second-order valence-corrected chi connectivity index (χ2v) is 4.54. The van der Waals surface area contributed by atoms with E-state index < -0.39 is 4.92 Å². The van der Waals surface area contributed by atoms with Crippen LogP contribution in [0.15, 0.2) is 24.3 Å². The molecular formula is C12H16N2O4. The third-order valence-corrected chi connectivity index (χ3v) is 3.16. The van der Waals surface area contributed by atoms with Crippen molar-refractivity contribution < 1.29 is 14.8 Å². The summed E-state index contributed by atoms with van der Waals surface area (Å²) in [6.45, 7) is 1.14. The largest absolute Gasteiger partial charge is 0.492 e. The van der Waals surface area contributed by atoms with E-state index in [9.17, 15) is 15.2 Å². The van der Waals surface area contributed by atoms with Gasteiger partial charge in [0.1, 0.15) is 12.4 Å². The average Bonchev–Trinajstić information content (AvgIpc) is 2.66. The summed E-state index contributed by atoms with van der Waals surface area (Å²) in [7, 11) is 1.94. The van der Waals surface area contributed by atoms with Gasteiger partial charge in [0, 0.05) is 24.7 Å². The molecule has 6 heteroatoms. The number of nitrogens with zero attached hydrogens (tertiary/aromatic N) is 2. The van der Waals surface area contributed by atoms with Crippen LogP contribution < -0.4 is 4.74 Å². The van der Waals surface area contributed by atoms with Crippen LogP contribution in [0.1, 0.15) is 6.42 Å². The van der Waals surface area contributed by atoms with Gasteiger partial charge < -0.3 is 9.84 Å². The Morgan fingerprint density at radius 3 is 2.67 bits per heavy atom. The normalized spacial score (nSPS) is 24.1. The molecule has 1 N–H and O–H groups in total. The minimum atomic E-state index is -0.440. The van der Waals surface area contributed by atoms with E-state index in [2.05, 4.69) is 4.90 Å². The summed E-state index contributed by atoms with van der Waals surface area (Å²) in [5.41, 5.74) is 0.0516. The highest BCUT2D eigenvalue weighted by atomic mass is 16.6. The molecule has 1 aliphatic rings. The Labute approximate surface area is 105 Å². The van der Waals surface area contributed by atoms with Crippen molar-refractivity contribution in [3.8, 4) is 5.75 Å². The Hall–Kier alpha value is -1.66. The van der Waals surface area contributed by atoms with E-state index in [1.807, 2.05) is 7.05 Å². The fourth-order valence-electron chi connectivity index (χ4n) is 2.10. The molecule has 1 heterocycles. The van der Waals surface area contributed by atoms with Gasteiger partial charge in [0.25, 0.3) is 5.69 Å². The average molecular weight is 252 g/mol. The highest BCUT2D eigenvalue weighted by Gasteiger charge is 2.28. The van der Waals surface area contributed by atoms with Gasteiger partial charge in [-0.05, 0) is 25.6 Å². The molecule has 0 amide bonds. The number of β-amino-alcohol motifs (C(OH)–C–C–N with tert-alkyl or cyclic N) is 1. The molecule has 0 radical (unpaired) electrons. The van der Waals surface area contributed by atoms with Crippen LogP contribution in [0.5, 0.6) is 5.75 Å². The molecule has 18 heavy (non-hydrogen) atoms. The number of hydrogen-bond acceptors (Lipinski definition) is 5. The molecule has 6 nitrogen and oxygen atoms in total. The monoisotopic (exact) mass is 252 g/mol. The van der Waals surface area contributed by atoms with Crippen molar-refractivity contribution >= 4 is 5.69 Å². The third-order valence-electron chi connectivity index (χ3n) is 3.16. The molecule has 1 aromatic carbocycles. The van der Waals surface area contributed by atoms with Crippen LogP contribution in [0.25, 0.3) is 0 Å². The van der Waals surface area contributed by atoms with Crippen molar-refractivity contribution in [2.45, 2.75) is 18.6 Å². The van der Waals surface area contributed by atoms with Gasteiger partial charge in [0.05, 0.1) is 11.0 Å².